The predicted molar refractivity (Wildman–Crippen MR) is 133 cm³/mol. The molecule has 0 saturated carbocycles. The maximum atomic E-state index is 15.2. The van der Waals surface area contributed by atoms with Crippen molar-refractivity contribution in [3.8, 4) is 0 Å². The van der Waals surface area contributed by atoms with Crippen molar-refractivity contribution in [2.45, 2.75) is 30.2 Å². The zero-order chi connectivity index (χ0) is 24.2. The molecule has 0 atom stereocenters. The molecule has 1 heterocycles. The molecule has 1 aromatic heterocycles. The van der Waals surface area contributed by atoms with Gasteiger partial charge in [-0.2, -0.15) is 0 Å². The smallest absolute Gasteiger partial charge is 0.338 e. The van der Waals surface area contributed by atoms with E-state index >= 15 is 4.39 Å². The number of benzene rings is 3. The van der Waals surface area contributed by atoms with E-state index in [2.05, 4.69) is 5.32 Å². The van der Waals surface area contributed by atoms with Gasteiger partial charge in [-0.3, -0.25) is 4.79 Å². The molecule has 4 aromatic rings. The lowest BCUT2D eigenvalue weighted by molar-refractivity contribution is -0.116. The SMILES string of the molecule is CCOC(=O)c1cccc(Sc2c(C)n(CC(=O)Nc3ccccc3)c3c(F)c(Cl)ccc23)c1. The number of carbonyl (C=O) groups excluding carboxylic acids is 2. The highest BCUT2D eigenvalue weighted by molar-refractivity contribution is 7.99. The van der Waals surface area contributed by atoms with Gasteiger partial charge in [0.2, 0.25) is 5.91 Å². The van der Waals surface area contributed by atoms with Gasteiger partial charge in [-0.15, -0.1) is 0 Å². The number of esters is 1. The van der Waals surface area contributed by atoms with Crippen LogP contribution in [0.15, 0.2) is 76.5 Å². The van der Waals surface area contributed by atoms with Gasteiger partial charge in [0.05, 0.1) is 22.7 Å². The number of rotatable bonds is 7. The number of ether oxygens (including phenoxy) is 1. The largest absolute Gasteiger partial charge is 0.462 e. The number of hydrogen-bond donors (Lipinski definition) is 1. The molecule has 5 nitrogen and oxygen atoms in total. The van der Waals surface area contributed by atoms with E-state index in [-0.39, 0.29) is 29.6 Å². The summed E-state index contributed by atoms with van der Waals surface area (Å²) in [6.45, 7) is 3.79. The van der Waals surface area contributed by atoms with Crippen LogP contribution in [0.25, 0.3) is 10.9 Å². The molecule has 0 aliphatic carbocycles. The molecule has 34 heavy (non-hydrogen) atoms. The number of amides is 1. The fourth-order valence-corrected chi connectivity index (χ4v) is 4.94. The lowest BCUT2D eigenvalue weighted by atomic mass is 10.2. The van der Waals surface area contributed by atoms with Gasteiger partial charge in [-0.25, -0.2) is 9.18 Å². The van der Waals surface area contributed by atoms with Gasteiger partial charge in [0.15, 0.2) is 5.82 Å². The number of halogens is 2. The van der Waals surface area contributed by atoms with E-state index in [1.54, 1.807) is 47.9 Å². The number of carbonyl (C=O) groups is 2. The number of anilines is 1. The van der Waals surface area contributed by atoms with Crippen LogP contribution in [0.3, 0.4) is 0 Å². The van der Waals surface area contributed by atoms with Crippen LogP contribution in [0.4, 0.5) is 10.1 Å². The zero-order valence-corrected chi connectivity index (χ0v) is 20.2. The number of nitrogens with one attached hydrogen (secondary N) is 1. The first-order valence-corrected chi connectivity index (χ1v) is 11.8. The highest BCUT2D eigenvalue weighted by Gasteiger charge is 2.22. The van der Waals surface area contributed by atoms with E-state index in [0.717, 1.165) is 9.79 Å². The Labute approximate surface area is 205 Å². The Balaban J connectivity index is 1.72. The number of para-hydroxylation sites is 1. The molecule has 1 N–H and O–H groups in total. The lowest BCUT2D eigenvalue weighted by Crippen LogP contribution is -2.19. The second-order valence-electron chi connectivity index (χ2n) is 7.52. The first kappa shape index (κ1) is 23.9. The van der Waals surface area contributed by atoms with E-state index < -0.39 is 11.8 Å². The average molecular weight is 497 g/mol. The summed E-state index contributed by atoms with van der Waals surface area (Å²) in [5.41, 5.74) is 2.07. The zero-order valence-electron chi connectivity index (χ0n) is 18.6. The fraction of sp³-hybridized carbons (Fsp3) is 0.154. The Morgan fingerprint density at radius 2 is 1.85 bits per heavy atom. The molecule has 0 radical (unpaired) electrons. The maximum absolute atomic E-state index is 15.2. The predicted octanol–water partition coefficient (Wildman–Crippen LogP) is 6.71. The molecular formula is C26H22ClFN2O3S. The third-order valence-corrected chi connectivity index (χ3v) is 6.74. The summed E-state index contributed by atoms with van der Waals surface area (Å²) in [5.74, 6) is -1.27. The second kappa shape index (κ2) is 10.3. The average Bonchev–Trinajstić information content (AvgIpc) is 3.08. The van der Waals surface area contributed by atoms with Crippen molar-refractivity contribution in [1.29, 1.82) is 0 Å². The van der Waals surface area contributed by atoms with Gasteiger partial charge in [0.25, 0.3) is 0 Å². The summed E-state index contributed by atoms with van der Waals surface area (Å²) in [6.07, 6.45) is 0. The highest BCUT2D eigenvalue weighted by Crippen LogP contribution is 2.40. The van der Waals surface area contributed by atoms with Crippen LogP contribution in [0.5, 0.6) is 0 Å². The minimum atomic E-state index is -0.582. The standard InChI is InChI=1S/C26H22ClFN2O3S/c1-3-33-26(32)17-8-7-11-19(14-17)34-25-16(2)30(24-20(25)12-13-21(27)23(24)28)15-22(31)29-18-9-5-4-6-10-18/h4-14H,3,15H2,1-2H3,(H,29,31). The number of nitrogens with zero attached hydrogens (tertiary/aromatic N) is 1. The van der Waals surface area contributed by atoms with Crippen molar-refractivity contribution in [3.05, 3.63) is 88.8 Å². The van der Waals surface area contributed by atoms with Crippen molar-refractivity contribution < 1.29 is 18.7 Å². The Hall–Kier alpha value is -3.29. The monoisotopic (exact) mass is 496 g/mol. The molecule has 0 saturated heterocycles. The van der Waals surface area contributed by atoms with Crippen LogP contribution in [-0.2, 0) is 16.1 Å². The molecule has 0 fully saturated rings. The molecule has 1 amide bonds. The van der Waals surface area contributed by atoms with Gasteiger partial charge >= 0.3 is 5.97 Å². The molecule has 0 unspecified atom stereocenters. The Morgan fingerprint density at radius 1 is 1.09 bits per heavy atom. The van der Waals surface area contributed by atoms with Crippen LogP contribution in [0.1, 0.15) is 23.0 Å². The third kappa shape index (κ3) is 4.95. The first-order valence-electron chi connectivity index (χ1n) is 10.7. The topological polar surface area (TPSA) is 60.3 Å². The molecular weight excluding hydrogens is 475 g/mol. The number of aromatic nitrogens is 1. The summed E-state index contributed by atoms with van der Waals surface area (Å²) in [6, 6.07) is 19.4. The van der Waals surface area contributed by atoms with Crippen LogP contribution in [0, 0.1) is 12.7 Å². The Kier molecular flexibility index (Phi) is 7.24. The second-order valence-corrected chi connectivity index (χ2v) is 9.01. The normalized spacial score (nSPS) is 10.9. The van der Waals surface area contributed by atoms with E-state index in [4.69, 9.17) is 16.3 Å². The molecule has 0 aliphatic rings. The van der Waals surface area contributed by atoms with Crippen LogP contribution >= 0.6 is 23.4 Å². The molecule has 0 bridgehead atoms. The van der Waals surface area contributed by atoms with Gasteiger partial charge < -0.3 is 14.6 Å². The maximum Gasteiger partial charge on any atom is 0.338 e. The van der Waals surface area contributed by atoms with Crippen LogP contribution in [-0.4, -0.2) is 23.1 Å². The van der Waals surface area contributed by atoms with Gasteiger partial charge in [0.1, 0.15) is 6.54 Å². The fourth-order valence-electron chi connectivity index (χ4n) is 3.68. The lowest BCUT2D eigenvalue weighted by Gasteiger charge is -2.10. The van der Waals surface area contributed by atoms with Crippen molar-refractivity contribution in [3.63, 3.8) is 0 Å². The molecule has 8 heteroatoms. The molecule has 0 spiro atoms. The molecule has 174 valence electrons. The van der Waals surface area contributed by atoms with E-state index in [1.165, 1.54) is 17.8 Å². The van der Waals surface area contributed by atoms with E-state index in [9.17, 15) is 9.59 Å². The molecule has 3 aromatic carbocycles. The first-order chi connectivity index (χ1) is 16.4. The molecule has 4 rings (SSSR count). The van der Waals surface area contributed by atoms with Gasteiger partial charge in [0, 0.05) is 26.6 Å². The summed E-state index contributed by atoms with van der Waals surface area (Å²) < 4.78 is 21.9. The minimum Gasteiger partial charge on any atom is -0.462 e. The van der Waals surface area contributed by atoms with Crippen molar-refractivity contribution >= 4 is 51.8 Å². The van der Waals surface area contributed by atoms with Gasteiger partial charge in [-0.05, 0) is 56.3 Å². The van der Waals surface area contributed by atoms with E-state index in [0.29, 0.717) is 22.3 Å². The highest BCUT2D eigenvalue weighted by atomic mass is 35.5. The molecule has 0 aliphatic heterocycles. The van der Waals surface area contributed by atoms with Crippen LogP contribution < -0.4 is 5.32 Å². The van der Waals surface area contributed by atoms with E-state index in [1.807, 2.05) is 31.2 Å². The summed E-state index contributed by atoms with van der Waals surface area (Å²) in [7, 11) is 0. The number of fused-ring (bicyclic) bond motifs is 1. The van der Waals surface area contributed by atoms with Crippen LogP contribution in [0.2, 0.25) is 5.02 Å². The van der Waals surface area contributed by atoms with Crippen molar-refractivity contribution in [2.24, 2.45) is 0 Å². The quantitative estimate of drug-likeness (QED) is 0.289. The third-order valence-electron chi connectivity index (χ3n) is 5.24. The summed E-state index contributed by atoms with van der Waals surface area (Å²) >= 11 is 7.48. The number of hydrogen-bond acceptors (Lipinski definition) is 4. The Bertz CT molecular complexity index is 1370. The summed E-state index contributed by atoms with van der Waals surface area (Å²) in [4.78, 5) is 26.5. The van der Waals surface area contributed by atoms with Crippen molar-refractivity contribution in [1.82, 2.24) is 4.57 Å². The van der Waals surface area contributed by atoms with Crippen molar-refractivity contribution in [2.75, 3.05) is 11.9 Å². The van der Waals surface area contributed by atoms with Gasteiger partial charge in [-0.1, -0.05) is 47.6 Å². The minimum absolute atomic E-state index is 0.0180. The summed E-state index contributed by atoms with van der Waals surface area (Å²) in [5, 5.41) is 3.45. The Morgan fingerprint density at radius 3 is 2.59 bits per heavy atom.